The van der Waals surface area contributed by atoms with Crippen LogP contribution in [0, 0.1) is 0 Å². The van der Waals surface area contributed by atoms with Gasteiger partial charge in [-0.2, -0.15) is 0 Å². The van der Waals surface area contributed by atoms with E-state index in [9.17, 15) is 4.79 Å². The third kappa shape index (κ3) is 1.60. The van der Waals surface area contributed by atoms with Crippen molar-refractivity contribution in [1.82, 2.24) is 4.98 Å². The van der Waals surface area contributed by atoms with Crippen LogP contribution in [0.4, 0.5) is 5.69 Å². The van der Waals surface area contributed by atoms with Crippen LogP contribution in [0.3, 0.4) is 0 Å². The molecule has 1 amide bonds. The fraction of sp³-hybridized carbons (Fsp3) is 0. The van der Waals surface area contributed by atoms with Crippen molar-refractivity contribution in [3.05, 3.63) is 21.9 Å². The molecular formula is C6H5Cl2N3O. The molecule has 0 spiro atoms. The molecule has 0 unspecified atom stereocenters. The fourth-order valence-corrected chi connectivity index (χ4v) is 1.12. The molecule has 4 nitrogen and oxygen atoms in total. The Morgan fingerprint density at radius 1 is 1.50 bits per heavy atom. The molecule has 0 atom stereocenters. The van der Waals surface area contributed by atoms with Crippen molar-refractivity contribution in [2.75, 3.05) is 5.73 Å². The quantitative estimate of drug-likeness (QED) is 0.674. The van der Waals surface area contributed by atoms with Crippen molar-refractivity contribution in [3.8, 4) is 0 Å². The summed E-state index contributed by atoms with van der Waals surface area (Å²) in [6.45, 7) is 0. The third-order valence-electron chi connectivity index (χ3n) is 1.21. The first-order chi connectivity index (χ1) is 5.52. The second-order valence-corrected chi connectivity index (χ2v) is 2.85. The molecule has 0 aliphatic carbocycles. The Labute approximate surface area is 78.5 Å². The highest BCUT2D eigenvalue weighted by molar-refractivity contribution is 6.36. The largest absolute Gasteiger partial charge is 0.396 e. The summed E-state index contributed by atoms with van der Waals surface area (Å²) in [6.07, 6.45) is 0. The van der Waals surface area contributed by atoms with Crippen LogP contribution in [0.15, 0.2) is 6.07 Å². The Balaban J connectivity index is 3.37. The molecule has 0 saturated carbocycles. The summed E-state index contributed by atoms with van der Waals surface area (Å²) in [7, 11) is 0. The van der Waals surface area contributed by atoms with Crippen molar-refractivity contribution in [3.63, 3.8) is 0 Å². The molecule has 0 saturated heterocycles. The van der Waals surface area contributed by atoms with E-state index in [1.165, 1.54) is 6.07 Å². The minimum atomic E-state index is -0.753. The maximum absolute atomic E-state index is 10.7. The van der Waals surface area contributed by atoms with Gasteiger partial charge in [0.25, 0.3) is 5.91 Å². The normalized spacial score (nSPS) is 9.83. The van der Waals surface area contributed by atoms with E-state index < -0.39 is 5.91 Å². The predicted molar refractivity (Wildman–Crippen MR) is 47.2 cm³/mol. The zero-order valence-corrected chi connectivity index (χ0v) is 7.36. The molecule has 0 radical (unpaired) electrons. The van der Waals surface area contributed by atoms with Crippen molar-refractivity contribution >= 4 is 34.8 Å². The summed E-state index contributed by atoms with van der Waals surface area (Å²) < 4.78 is 0. The number of halogens is 2. The van der Waals surface area contributed by atoms with Gasteiger partial charge in [-0.3, -0.25) is 4.79 Å². The second-order valence-electron chi connectivity index (χ2n) is 2.05. The summed E-state index contributed by atoms with van der Waals surface area (Å²) in [5.41, 5.74) is 10.3. The summed E-state index contributed by atoms with van der Waals surface area (Å²) in [5, 5.41) is 0.256. The highest BCUT2D eigenvalue weighted by Gasteiger charge is 2.11. The third-order valence-corrected chi connectivity index (χ3v) is 1.72. The number of rotatable bonds is 1. The highest BCUT2D eigenvalue weighted by atomic mass is 35.5. The molecule has 0 aliphatic rings. The number of nitrogens with zero attached hydrogens (tertiary/aromatic N) is 1. The molecule has 0 bridgehead atoms. The van der Waals surface area contributed by atoms with Crippen LogP contribution >= 0.6 is 23.2 Å². The maximum Gasteiger partial charge on any atom is 0.269 e. The van der Waals surface area contributed by atoms with Gasteiger partial charge in [-0.15, -0.1) is 0 Å². The number of hydrogen-bond donors (Lipinski definition) is 2. The Bertz CT molecular complexity index is 340. The molecule has 6 heteroatoms. The topological polar surface area (TPSA) is 82.0 Å². The standard InChI is InChI=1S/C6H5Cl2N3O/c7-2-1-3(8)11-5(4(2)9)6(10)12/h1H,9H2,(H2,10,12). The number of carbonyl (C=O) groups is 1. The van der Waals surface area contributed by atoms with Gasteiger partial charge in [0.15, 0.2) is 5.69 Å². The van der Waals surface area contributed by atoms with Crippen LogP contribution in [0.2, 0.25) is 10.2 Å². The first-order valence-corrected chi connectivity index (χ1v) is 3.69. The first kappa shape index (κ1) is 9.09. The van der Waals surface area contributed by atoms with E-state index in [0.29, 0.717) is 0 Å². The second kappa shape index (κ2) is 3.16. The fourth-order valence-electron chi connectivity index (χ4n) is 0.683. The van der Waals surface area contributed by atoms with Crippen LogP contribution < -0.4 is 11.5 Å². The van der Waals surface area contributed by atoms with Crippen molar-refractivity contribution < 1.29 is 4.79 Å². The van der Waals surface area contributed by atoms with Crippen LogP contribution in [-0.2, 0) is 0 Å². The van der Waals surface area contributed by atoms with Crippen molar-refractivity contribution in [1.29, 1.82) is 0 Å². The van der Waals surface area contributed by atoms with E-state index in [-0.39, 0.29) is 21.6 Å². The zero-order valence-electron chi connectivity index (χ0n) is 5.84. The molecule has 12 heavy (non-hydrogen) atoms. The van der Waals surface area contributed by atoms with Crippen LogP contribution in [0.25, 0.3) is 0 Å². The zero-order chi connectivity index (χ0) is 9.30. The Morgan fingerprint density at radius 3 is 2.58 bits per heavy atom. The lowest BCUT2D eigenvalue weighted by Crippen LogP contribution is -2.15. The summed E-state index contributed by atoms with van der Waals surface area (Å²) in [5.74, 6) is -0.753. The lowest BCUT2D eigenvalue weighted by Gasteiger charge is -2.02. The minimum absolute atomic E-state index is 0.0496. The number of anilines is 1. The molecule has 1 aromatic rings. The Hall–Kier alpha value is -1.00. The Morgan fingerprint density at radius 2 is 2.08 bits per heavy atom. The summed E-state index contributed by atoms with van der Waals surface area (Å²) >= 11 is 11.1. The van der Waals surface area contributed by atoms with Gasteiger partial charge in [0, 0.05) is 0 Å². The van der Waals surface area contributed by atoms with E-state index >= 15 is 0 Å². The van der Waals surface area contributed by atoms with Crippen LogP contribution in [0.1, 0.15) is 10.5 Å². The van der Waals surface area contributed by atoms with Crippen molar-refractivity contribution in [2.45, 2.75) is 0 Å². The van der Waals surface area contributed by atoms with Crippen LogP contribution in [-0.4, -0.2) is 10.9 Å². The predicted octanol–water partition coefficient (Wildman–Crippen LogP) is 1.07. The average molecular weight is 206 g/mol. The average Bonchev–Trinajstić information content (AvgIpc) is 1.96. The Kier molecular flexibility index (Phi) is 2.40. The van der Waals surface area contributed by atoms with Gasteiger partial charge in [0.05, 0.1) is 10.7 Å². The smallest absolute Gasteiger partial charge is 0.269 e. The number of amides is 1. The number of aromatic nitrogens is 1. The van der Waals surface area contributed by atoms with Gasteiger partial charge in [-0.1, -0.05) is 23.2 Å². The lowest BCUT2D eigenvalue weighted by molar-refractivity contribution is 0.0996. The molecule has 4 N–H and O–H groups in total. The van der Waals surface area contributed by atoms with Gasteiger partial charge in [0.1, 0.15) is 5.15 Å². The van der Waals surface area contributed by atoms with Gasteiger partial charge in [0.2, 0.25) is 0 Å². The number of carbonyl (C=O) groups excluding carboxylic acids is 1. The molecular weight excluding hydrogens is 201 g/mol. The maximum atomic E-state index is 10.7. The molecule has 0 aromatic carbocycles. The molecule has 0 fully saturated rings. The number of nitrogen functional groups attached to an aromatic ring is 1. The van der Waals surface area contributed by atoms with Gasteiger partial charge in [-0.25, -0.2) is 4.98 Å². The molecule has 1 heterocycles. The monoisotopic (exact) mass is 205 g/mol. The highest BCUT2D eigenvalue weighted by Crippen LogP contribution is 2.24. The SMILES string of the molecule is NC(=O)c1nc(Cl)cc(Cl)c1N. The van der Waals surface area contributed by atoms with Crippen molar-refractivity contribution in [2.24, 2.45) is 5.73 Å². The minimum Gasteiger partial charge on any atom is -0.396 e. The van der Waals surface area contributed by atoms with E-state index in [2.05, 4.69) is 4.98 Å². The van der Waals surface area contributed by atoms with E-state index in [1.54, 1.807) is 0 Å². The molecule has 0 aliphatic heterocycles. The molecule has 1 aromatic heterocycles. The number of hydrogen-bond acceptors (Lipinski definition) is 3. The molecule has 1 rings (SSSR count). The van der Waals surface area contributed by atoms with E-state index in [0.717, 1.165) is 0 Å². The van der Waals surface area contributed by atoms with E-state index in [1.807, 2.05) is 0 Å². The lowest BCUT2D eigenvalue weighted by atomic mass is 10.3. The van der Waals surface area contributed by atoms with Gasteiger partial charge in [-0.05, 0) is 6.07 Å². The number of pyridine rings is 1. The number of nitrogens with two attached hydrogens (primary N) is 2. The van der Waals surface area contributed by atoms with Gasteiger partial charge < -0.3 is 11.5 Å². The molecule has 64 valence electrons. The van der Waals surface area contributed by atoms with Crippen LogP contribution in [0.5, 0.6) is 0 Å². The number of primary amides is 1. The first-order valence-electron chi connectivity index (χ1n) is 2.93. The van der Waals surface area contributed by atoms with Gasteiger partial charge >= 0.3 is 0 Å². The summed E-state index contributed by atoms with van der Waals surface area (Å²) in [4.78, 5) is 14.3. The summed E-state index contributed by atoms with van der Waals surface area (Å²) in [6, 6.07) is 1.34. The van der Waals surface area contributed by atoms with E-state index in [4.69, 9.17) is 34.7 Å².